The van der Waals surface area contributed by atoms with Crippen molar-refractivity contribution in [3.05, 3.63) is 18.6 Å². The molecule has 0 aromatic heterocycles. The van der Waals surface area contributed by atoms with Crippen molar-refractivity contribution in [2.75, 3.05) is 0 Å². The van der Waals surface area contributed by atoms with Crippen molar-refractivity contribution < 1.29 is 0 Å². The average molecular weight is 149 g/mol. The van der Waals surface area contributed by atoms with E-state index in [-0.39, 0.29) is 0 Å². The van der Waals surface area contributed by atoms with Crippen molar-refractivity contribution in [3.8, 4) is 0 Å². The molecule has 0 aromatic rings. The Kier molecular flexibility index (Phi) is 1.78. The molecule has 2 aliphatic carbocycles. The molecule has 2 aliphatic rings. The van der Waals surface area contributed by atoms with Gasteiger partial charge in [0, 0.05) is 0 Å². The first kappa shape index (κ1) is 7.39. The van der Waals surface area contributed by atoms with Gasteiger partial charge in [0.05, 0.1) is 0 Å². The van der Waals surface area contributed by atoms with Crippen LogP contribution in [-0.4, -0.2) is 0 Å². The molecule has 11 heavy (non-hydrogen) atoms. The minimum absolute atomic E-state index is 0.620. The fourth-order valence-electron chi connectivity index (χ4n) is 2.72. The molecule has 1 spiro atoms. The van der Waals surface area contributed by atoms with Crippen molar-refractivity contribution in [1.29, 1.82) is 0 Å². The van der Waals surface area contributed by atoms with Crippen LogP contribution in [0, 0.1) is 11.8 Å². The first-order chi connectivity index (χ1) is 5.31. The van der Waals surface area contributed by atoms with Gasteiger partial charge in [0.2, 0.25) is 0 Å². The maximum Gasteiger partial charge on any atom is -0.00784 e. The normalized spacial score (nSPS) is 29.6. The SMILES string of the molecule is C=C1[CH]C2(CCCC2)CCC1. The molecule has 0 aliphatic heterocycles. The van der Waals surface area contributed by atoms with Crippen molar-refractivity contribution in [1.82, 2.24) is 0 Å². The highest BCUT2D eigenvalue weighted by atomic mass is 14.4. The van der Waals surface area contributed by atoms with Gasteiger partial charge in [0.25, 0.3) is 0 Å². The number of hydrogen-bond acceptors (Lipinski definition) is 0. The van der Waals surface area contributed by atoms with E-state index in [1.54, 1.807) is 0 Å². The van der Waals surface area contributed by atoms with Crippen LogP contribution < -0.4 is 0 Å². The molecule has 2 rings (SSSR count). The summed E-state index contributed by atoms with van der Waals surface area (Å²) in [4.78, 5) is 0. The van der Waals surface area contributed by atoms with Gasteiger partial charge in [-0.2, -0.15) is 0 Å². The van der Waals surface area contributed by atoms with Crippen LogP contribution in [0.3, 0.4) is 0 Å². The van der Waals surface area contributed by atoms with Crippen LogP contribution in [0.5, 0.6) is 0 Å². The van der Waals surface area contributed by atoms with E-state index >= 15 is 0 Å². The number of rotatable bonds is 0. The average Bonchev–Trinajstić information content (AvgIpc) is 2.37. The minimum Gasteiger partial charge on any atom is -0.0995 e. The third-order valence-electron chi connectivity index (χ3n) is 3.28. The molecule has 0 saturated heterocycles. The molecule has 2 fully saturated rings. The minimum atomic E-state index is 0.620. The summed E-state index contributed by atoms with van der Waals surface area (Å²) < 4.78 is 0. The maximum absolute atomic E-state index is 4.08. The van der Waals surface area contributed by atoms with Gasteiger partial charge in [-0.25, -0.2) is 0 Å². The zero-order chi connectivity index (χ0) is 7.73. The predicted octanol–water partition coefficient (Wildman–Crippen LogP) is 3.49. The van der Waals surface area contributed by atoms with Crippen molar-refractivity contribution in [2.45, 2.75) is 44.9 Å². The summed E-state index contributed by atoms with van der Waals surface area (Å²) in [6.07, 6.45) is 12.3. The standard InChI is InChI=1S/C11H17/c1-10-5-4-8-11(9-10)6-2-3-7-11/h9H,1-8H2. The van der Waals surface area contributed by atoms with Gasteiger partial charge in [-0.3, -0.25) is 0 Å². The monoisotopic (exact) mass is 149 g/mol. The second-order valence-electron chi connectivity index (χ2n) is 4.23. The van der Waals surface area contributed by atoms with Gasteiger partial charge in [0.1, 0.15) is 0 Å². The summed E-state index contributed by atoms with van der Waals surface area (Å²) in [7, 11) is 0. The summed E-state index contributed by atoms with van der Waals surface area (Å²) in [5, 5.41) is 0. The van der Waals surface area contributed by atoms with Gasteiger partial charge >= 0.3 is 0 Å². The predicted molar refractivity (Wildman–Crippen MR) is 48.2 cm³/mol. The molecule has 2 saturated carbocycles. The quantitative estimate of drug-likeness (QED) is 0.494. The van der Waals surface area contributed by atoms with E-state index in [2.05, 4.69) is 13.0 Å². The van der Waals surface area contributed by atoms with E-state index in [0.29, 0.717) is 5.41 Å². The Morgan fingerprint density at radius 3 is 2.36 bits per heavy atom. The summed E-state index contributed by atoms with van der Waals surface area (Å²) in [5.41, 5.74) is 2.02. The molecular formula is C11H17. The smallest absolute Gasteiger partial charge is 0.00784 e. The lowest BCUT2D eigenvalue weighted by Crippen LogP contribution is -2.21. The lowest BCUT2D eigenvalue weighted by molar-refractivity contribution is 0.303. The Balaban J connectivity index is 2.05. The van der Waals surface area contributed by atoms with Gasteiger partial charge < -0.3 is 0 Å². The second kappa shape index (κ2) is 2.66. The summed E-state index contributed by atoms with van der Waals surface area (Å²) in [5.74, 6) is 0. The van der Waals surface area contributed by atoms with Gasteiger partial charge in [-0.05, 0) is 43.9 Å². The molecule has 0 heteroatoms. The molecule has 0 atom stereocenters. The first-order valence-corrected chi connectivity index (χ1v) is 4.85. The van der Waals surface area contributed by atoms with E-state index in [1.807, 2.05) is 0 Å². The lowest BCUT2D eigenvalue weighted by atomic mass is 9.71. The molecular weight excluding hydrogens is 132 g/mol. The Hall–Kier alpha value is -0.260. The van der Waals surface area contributed by atoms with Crippen LogP contribution in [0.15, 0.2) is 12.2 Å². The zero-order valence-corrected chi connectivity index (χ0v) is 7.23. The van der Waals surface area contributed by atoms with Crippen LogP contribution in [0.1, 0.15) is 44.9 Å². The molecule has 0 unspecified atom stereocenters. The maximum atomic E-state index is 4.08. The Morgan fingerprint density at radius 1 is 1.09 bits per heavy atom. The molecule has 0 N–H and O–H groups in total. The van der Waals surface area contributed by atoms with E-state index in [0.717, 1.165) is 0 Å². The number of allylic oxidation sites excluding steroid dienone is 1. The van der Waals surface area contributed by atoms with Crippen LogP contribution in [0.2, 0.25) is 0 Å². The Bertz CT molecular complexity index is 161. The van der Waals surface area contributed by atoms with E-state index in [1.165, 1.54) is 50.5 Å². The van der Waals surface area contributed by atoms with E-state index in [9.17, 15) is 0 Å². The third kappa shape index (κ3) is 1.36. The highest BCUT2D eigenvalue weighted by molar-refractivity contribution is 5.19. The summed E-state index contributed by atoms with van der Waals surface area (Å²) in [6, 6.07) is 0. The van der Waals surface area contributed by atoms with Crippen LogP contribution in [-0.2, 0) is 0 Å². The van der Waals surface area contributed by atoms with Crippen molar-refractivity contribution in [2.24, 2.45) is 5.41 Å². The van der Waals surface area contributed by atoms with Crippen molar-refractivity contribution in [3.63, 3.8) is 0 Å². The van der Waals surface area contributed by atoms with Gasteiger partial charge in [0.15, 0.2) is 0 Å². The molecule has 61 valence electrons. The highest BCUT2D eigenvalue weighted by Crippen LogP contribution is 2.49. The van der Waals surface area contributed by atoms with Crippen LogP contribution >= 0.6 is 0 Å². The second-order valence-corrected chi connectivity index (χ2v) is 4.23. The molecule has 0 bridgehead atoms. The highest BCUT2D eigenvalue weighted by Gasteiger charge is 2.35. The van der Waals surface area contributed by atoms with Gasteiger partial charge in [-0.15, -0.1) is 0 Å². The van der Waals surface area contributed by atoms with Crippen molar-refractivity contribution >= 4 is 0 Å². The summed E-state index contributed by atoms with van der Waals surface area (Å²) >= 11 is 0. The van der Waals surface area contributed by atoms with Crippen LogP contribution in [0.25, 0.3) is 0 Å². The zero-order valence-electron chi connectivity index (χ0n) is 7.23. The molecule has 0 nitrogen and oxygen atoms in total. The molecule has 1 radical (unpaired) electrons. The topological polar surface area (TPSA) is 0 Å². The first-order valence-electron chi connectivity index (χ1n) is 4.85. The van der Waals surface area contributed by atoms with Gasteiger partial charge in [-0.1, -0.05) is 25.0 Å². The Morgan fingerprint density at radius 2 is 1.73 bits per heavy atom. The number of hydrogen-bond donors (Lipinski definition) is 0. The molecule has 0 heterocycles. The van der Waals surface area contributed by atoms with E-state index in [4.69, 9.17) is 0 Å². The van der Waals surface area contributed by atoms with Crippen LogP contribution in [0.4, 0.5) is 0 Å². The van der Waals surface area contributed by atoms with E-state index < -0.39 is 0 Å². The largest absolute Gasteiger partial charge is 0.0995 e. The third-order valence-corrected chi connectivity index (χ3v) is 3.28. The molecule has 0 aromatic carbocycles. The fraction of sp³-hybridized carbons (Fsp3) is 0.727. The molecule has 0 amide bonds. The fourth-order valence-corrected chi connectivity index (χ4v) is 2.72. The summed E-state index contributed by atoms with van der Waals surface area (Å²) in [6.45, 7) is 4.08. The Labute approximate surface area is 69.7 Å². The lowest BCUT2D eigenvalue weighted by Gasteiger charge is -2.33.